The van der Waals surface area contributed by atoms with Gasteiger partial charge in [-0.2, -0.15) is 0 Å². The number of likely N-dealkylation sites (tertiary alicyclic amines) is 1. The van der Waals surface area contributed by atoms with E-state index in [0.717, 1.165) is 44.8 Å². The van der Waals surface area contributed by atoms with Crippen molar-refractivity contribution in [2.75, 3.05) is 45.8 Å². The van der Waals surface area contributed by atoms with Crippen LogP contribution in [0.1, 0.15) is 45.7 Å². The number of rotatable bonds is 6. The summed E-state index contributed by atoms with van der Waals surface area (Å²) in [7, 11) is 0. The normalized spacial score (nSPS) is 25.5. The van der Waals surface area contributed by atoms with Crippen LogP contribution >= 0.6 is 0 Å². The van der Waals surface area contributed by atoms with Crippen molar-refractivity contribution in [3.63, 3.8) is 0 Å². The zero-order chi connectivity index (χ0) is 21.7. The van der Waals surface area contributed by atoms with Crippen molar-refractivity contribution in [2.45, 2.75) is 46.2 Å². The number of hydrogen-bond acceptors (Lipinski definition) is 4. The molecule has 2 amide bonds. The van der Waals surface area contributed by atoms with E-state index in [4.69, 9.17) is 0 Å². The molecule has 4 atom stereocenters. The van der Waals surface area contributed by atoms with E-state index in [1.54, 1.807) is 0 Å². The number of piperazine rings is 1. The lowest BCUT2D eigenvalue weighted by atomic mass is 9.92. The van der Waals surface area contributed by atoms with Crippen molar-refractivity contribution in [3.05, 3.63) is 35.9 Å². The molecule has 0 bridgehead atoms. The van der Waals surface area contributed by atoms with Crippen molar-refractivity contribution in [1.29, 1.82) is 0 Å². The highest BCUT2D eigenvalue weighted by molar-refractivity contribution is 5.81. The molecule has 2 aliphatic rings. The lowest BCUT2D eigenvalue weighted by Crippen LogP contribution is -2.56. The summed E-state index contributed by atoms with van der Waals surface area (Å²) >= 11 is 0. The monoisotopic (exact) mass is 414 g/mol. The molecule has 0 saturated carbocycles. The van der Waals surface area contributed by atoms with Crippen LogP contribution in [0, 0.1) is 11.8 Å². The van der Waals surface area contributed by atoms with Gasteiger partial charge in [-0.1, -0.05) is 44.2 Å². The molecule has 2 saturated heterocycles. The van der Waals surface area contributed by atoms with Gasteiger partial charge in [0.15, 0.2) is 0 Å². The Bertz CT molecular complexity index is 692. The van der Waals surface area contributed by atoms with Gasteiger partial charge in [0.2, 0.25) is 11.8 Å². The summed E-state index contributed by atoms with van der Waals surface area (Å²) in [6.07, 6.45) is 1.21. The average molecular weight is 415 g/mol. The van der Waals surface area contributed by atoms with Gasteiger partial charge in [-0.15, -0.1) is 0 Å². The third-order valence-corrected chi connectivity index (χ3v) is 6.57. The molecule has 0 aromatic heterocycles. The molecule has 1 aromatic rings. The maximum atomic E-state index is 12.7. The van der Waals surface area contributed by atoms with Crippen LogP contribution in [-0.4, -0.2) is 78.4 Å². The first-order valence-electron chi connectivity index (χ1n) is 11.4. The van der Waals surface area contributed by atoms with Gasteiger partial charge in [0.25, 0.3) is 0 Å². The number of carbonyl (C=O) groups is 2. The van der Waals surface area contributed by atoms with Crippen molar-refractivity contribution < 1.29 is 9.59 Å². The molecule has 1 aromatic carbocycles. The fraction of sp³-hybridized carbons (Fsp3) is 0.667. The summed E-state index contributed by atoms with van der Waals surface area (Å²) in [5.74, 6) is 1.50. The van der Waals surface area contributed by atoms with Gasteiger partial charge in [0.05, 0.1) is 18.6 Å². The highest BCUT2D eigenvalue weighted by atomic mass is 16.2. The topological polar surface area (TPSA) is 55.9 Å². The summed E-state index contributed by atoms with van der Waals surface area (Å²) in [5.41, 5.74) is 1.11. The summed E-state index contributed by atoms with van der Waals surface area (Å²) < 4.78 is 0. The van der Waals surface area contributed by atoms with Crippen LogP contribution in [0.3, 0.4) is 0 Å². The zero-order valence-corrected chi connectivity index (χ0v) is 19.0. The van der Waals surface area contributed by atoms with Crippen LogP contribution in [0.5, 0.6) is 0 Å². The summed E-state index contributed by atoms with van der Waals surface area (Å²) in [6.45, 7) is 14.0. The Morgan fingerprint density at radius 1 is 1.00 bits per heavy atom. The SMILES string of the molecule is CC1CC(C)CN(C(=O)CN2CCN(C(C)C(=O)NC(C)c3ccccc3)CC2)C1. The Kier molecular flexibility index (Phi) is 7.89. The fourth-order valence-corrected chi connectivity index (χ4v) is 4.79. The largest absolute Gasteiger partial charge is 0.348 e. The minimum absolute atomic E-state index is 0.00520. The standard InChI is InChI=1S/C24H38N4O2/c1-18-14-19(2)16-28(15-18)23(29)17-26-10-12-27(13-11-26)21(4)24(30)25-20(3)22-8-6-5-7-9-22/h5-9,18-21H,10-17H2,1-4H3,(H,25,30). The second-order valence-electron chi connectivity index (χ2n) is 9.37. The van der Waals surface area contributed by atoms with Gasteiger partial charge in [-0.25, -0.2) is 0 Å². The Hall–Kier alpha value is -1.92. The zero-order valence-electron chi connectivity index (χ0n) is 19.0. The van der Waals surface area contributed by atoms with E-state index in [1.807, 2.05) is 49.1 Å². The highest BCUT2D eigenvalue weighted by Gasteiger charge is 2.30. The van der Waals surface area contributed by atoms with E-state index in [1.165, 1.54) is 6.42 Å². The second kappa shape index (κ2) is 10.4. The molecule has 3 rings (SSSR count). The number of benzene rings is 1. The fourth-order valence-electron chi connectivity index (χ4n) is 4.79. The minimum atomic E-state index is -0.169. The summed E-state index contributed by atoms with van der Waals surface area (Å²) in [6, 6.07) is 9.87. The van der Waals surface area contributed by atoms with Crippen LogP contribution < -0.4 is 5.32 Å². The molecule has 30 heavy (non-hydrogen) atoms. The maximum absolute atomic E-state index is 12.7. The first kappa shape index (κ1) is 22.8. The first-order chi connectivity index (χ1) is 14.3. The van der Waals surface area contributed by atoms with Crippen molar-refractivity contribution in [3.8, 4) is 0 Å². The molecule has 0 spiro atoms. The Balaban J connectivity index is 1.43. The molecule has 0 aliphatic carbocycles. The molecule has 166 valence electrons. The van der Waals surface area contributed by atoms with Crippen molar-refractivity contribution in [1.82, 2.24) is 20.0 Å². The minimum Gasteiger partial charge on any atom is -0.348 e. The maximum Gasteiger partial charge on any atom is 0.237 e. The third-order valence-electron chi connectivity index (χ3n) is 6.57. The van der Waals surface area contributed by atoms with E-state index in [-0.39, 0.29) is 23.9 Å². The van der Waals surface area contributed by atoms with Gasteiger partial charge in [-0.3, -0.25) is 19.4 Å². The van der Waals surface area contributed by atoms with Gasteiger partial charge in [-0.05, 0) is 37.7 Å². The third kappa shape index (κ3) is 6.05. The molecule has 2 heterocycles. The molecule has 6 heteroatoms. The van der Waals surface area contributed by atoms with Crippen LogP contribution in [0.4, 0.5) is 0 Å². The Morgan fingerprint density at radius 3 is 2.20 bits per heavy atom. The Labute approximate surface area is 181 Å². The van der Waals surface area contributed by atoms with E-state index < -0.39 is 0 Å². The molecular formula is C24H38N4O2. The molecular weight excluding hydrogens is 376 g/mol. The van der Waals surface area contributed by atoms with Crippen molar-refractivity contribution in [2.24, 2.45) is 11.8 Å². The average Bonchev–Trinajstić information content (AvgIpc) is 2.73. The summed E-state index contributed by atoms with van der Waals surface area (Å²) in [4.78, 5) is 32.0. The molecule has 2 fully saturated rings. The molecule has 4 unspecified atom stereocenters. The second-order valence-corrected chi connectivity index (χ2v) is 9.37. The van der Waals surface area contributed by atoms with Crippen LogP contribution in [0.25, 0.3) is 0 Å². The van der Waals surface area contributed by atoms with Gasteiger partial charge in [0.1, 0.15) is 0 Å². The number of nitrogens with one attached hydrogen (secondary N) is 1. The van der Waals surface area contributed by atoms with Gasteiger partial charge in [0, 0.05) is 39.3 Å². The summed E-state index contributed by atoms with van der Waals surface area (Å²) in [5, 5.41) is 3.13. The molecule has 2 aliphatic heterocycles. The first-order valence-corrected chi connectivity index (χ1v) is 11.4. The number of hydrogen-bond donors (Lipinski definition) is 1. The molecule has 6 nitrogen and oxygen atoms in total. The van der Waals surface area contributed by atoms with Crippen molar-refractivity contribution >= 4 is 11.8 Å². The number of amides is 2. The smallest absolute Gasteiger partial charge is 0.237 e. The van der Waals surface area contributed by atoms with E-state index >= 15 is 0 Å². The van der Waals surface area contributed by atoms with Gasteiger partial charge >= 0.3 is 0 Å². The van der Waals surface area contributed by atoms with Crippen LogP contribution in [0.2, 0.25) is 0 Å². The van der Waals surface area contributed by atoms with E-state index in [2.05, 4.69) is 29.0 Å². The van der Waals surface area contributed by atoms with Crippen LogP contribution in [-0.2, 0) is 9.59 Å². The lowest BCUT2D eigenvalue weighted by Gasteiger charge is -2.39. The molecule has 0 radical (unpaired) electrons. The predicted molar refractivity (Wildman–Crippen MR) is 120 cm³/mol. The quantitative estimate of drug-likeness (QED) is 0.777. The highest BCUT2D eigenvalue weighted by Crippen LogP contribution is 2.21. The van der Waals surface area contributed by atoms with E-state index in [0.29, 0.717) is 18.4 Å². The lowest BCUT2D eigenvalue weighted by molar-refractivity contribution is -0.136. The number of piperidine rings is 1. The van der Waals surface area contributed by atoms with E-state index in [9.17, 15) is 9.59 Å². The number of nitrogens with zero attached hydrogens (tertiary/aromatic N) is 3. The van der Waals surface area contributed by atoms with Crippen LogP contribution in [0.15, 0.2) is 30.3 Å². The Morgan fingerprint density at radius 2 is 1.60 bits per heavy atom. The van der Waals surface area contributed by atoms with Gasteiger partial charge < -0.3 is 10.2 Å². The predicted octanol–water partition coefficient (Wildman–Crippen LogP) is 2.37. The molecule has 1 N–H and O–H groups in total. The number of carbonyl (C=O) groups excluding carboxylic acids is 2.